The Hall–Kier alpha value is -1.18. The molecule has 0 bridgehead atoms. The molecule has 1 aliphatic rings. The van der Waals surface area contributed by atoms with Gasteiger partial charge in [0.2, 0.25) is 0 Å². The first kappa shape index (κ1) is 13.9. The smallest absolute Gasteiger partial charge is 0.00757 e. The van der Waals surface area contributed by atoms with Crippen LogP contribution in [0.4, 0.5) is 0 Å². The lowest BCUT2D eigenvalue weighted by Gasteiger charge is -2.19. The predicted molar refractivity (Wildman–Crippen MR) is 75.4 cm³/mol. The molecule has 0 aliphatic heterocycles. The van der Waals surface area contributed by atoms with Crippen LogP contribution in [-0.2, 0) is 0 Å². The van der Waals surface area contributed by atoms with Crippen LogP contribution in [0.2, 0.25) is 0 Å². The Morgan fingerprint density at radius 1 is 1.59 bits per heavy atom. The van der Waals surface area contributed by atoms with Gasteiger partial charge in [-0.2, -0.15) is 0 Å². The number of nitrogens with two attached hydrogens (primary N) is 1. The fraction of sp³-hybridized carbons (Fsp3) is 0.600. The molecule has 3 N–H and O–H groups in total. The van der Waals surface area contributed by atoms with Crippen LogP contribution in [0.5, 0.6) is 0 Å². The topological polar surface area (TPSA) is 38.0 Å². The largest absolute Gasteiger partial charge is 0.404 e. The third kappa shape index (κ3) is 5.12. The van der Waals surface area contributed by atoms with E-state index in [1.807, 2.05) is 7.05 Å². The van der Waals surface area contributed by atoms with E-state index in [1.54, 1.807) is 11.8 Å². The van der Waals surface area contributed by atoms with E-state index in [0.29, 0.717) is 0 Å². The van der Waals surface area contributed by atoms with Gasteiger partial charge < -0.3 is 11.1 Å². The normalized spacial score (nSPS) is 22.3. The number of hydrogen-bond donors (Lipinski definition) is 2. The molecule has 0 fully saturated rings. The molecule has 0 saturated carbocycles. The van der Waals surface area contributed by atoms with Crippen LogP contribution in [0.25, 0.3) is 0 Å². The molecular formula is C15H26N2. The van der Waals surface area contributed by atoms with E-state index in [1.165, 1.54) is 24.8 Å². The average molecular weight is 234 g/mol. The Labute approximate surface area is 106 Å². The van der Waals surface area contributed by atoms with Crippen molar-refractivity contribution in [2.75, 3.05) is 7.05 Å². The maximum absolute atomic E-state index is 5.66. The zero-order valence-corrected chi connectivity index (χ0v) is 11.4. The van der Waals surface area contributed by atoms with Gasteiger partial charge in [-0.25, -0.2) is 0 Å². The first-order valence-corrected chi connectivity index (χ1v) is 6.60. The molecule has 1 rings (SSSR count). The summed E-state index contributed by atoms with van der Waals surface area (Å²) in [6.07, 6.45) is 12.4. The first-order valence-electron chi connectivity index (χ1n) is 6.60. The molecular weight excluding hydrogens is 208 g/mol. The second-order valence-corrected chi connectivity index (χ2v) is 5.07. The average Bonchev–Trinajstić information content (AvgIpc) is 2.34. The quantitative estimate of drug-likeness (QED) is 0.564. The van der Waals surface area contributed by atoms with E-state index >= 15 is 0 Å². The van der Waals surface area contributed by atoms with Gasteiger partial charge in [-0.3, -0.25) is 0 Å². The van der Waals surface area contributed by atoms with Crippen LogP contribution in [0, 0.1) is 5.92 Å². The van der Waals surface area contributed by atoms with Crippen LogP contribution >= 0.6 is 0 Å². The molecule has 96 valence electrons. The SMILES string of the molecule is CN/C(C)=C\C(=C/N)CCC1=CCCC(C)C1. The van der Waals surface area contributed by atoms with E-state index < -0.39 is 0 Å². The van der Waals surface area contributed by atoms with Gasteiger partial charge in [-0.15, -0.1) is 0 Å². The Bertz CT molecular complexity index is 324. The van der Waals surface area contributed by atoms with Gasteiger partial charge in [0.1, 0.15) is 0 Å². The maximum Gasteiger partial charge on any atom is 0.00757 e. The lowest BCUT2D eigenvalue weighted by atomic mass is 9.87. The van der Waals surface area contributed by atoms with Gasteiger partial charge >= 0.3 is 0 Å². The minimum atomic E-state index is 0.856. The lowest BCUT2D eigenvalue weighted by molar-refractivity contribution is 0.499. The molecule has 1 atom stereocenters. The molecule has 1 aliphatic carbocycles. The van der Waals surface area contributed by atoms with Crippen molar-refractivity contribution in [3.05, 3.63) is 35.2 Å². The Kier molecular flexibility index (Phi) is 5.88. The van der Waals surface area contributed by atoms with Gasteiger partial charge in [0.05, 0.1) is 0 Å². The summed E-state index contributed by atoms with van der Waals surface area (Å²) in [5, 5.41) is 3.12. The summed E-state index contributed by atoms with van der Waals surface area (Å²) in [6.45, 7) is 4.41. The second kappa shape index (κ2) is 7.21. The lowest BCUT2D eigenvalue weighted by Crippen LogP contribution is -2.04. The highest BCUT2D eigenvalue weighted by Gasteiger charge is 2.10. The molecule has 0 aromatic carbocycles. The van der Waals surface area contributed by atoms with Crippen LogP contribution in [0.3, 0.4) is 0 Å². The van der Waals surface area contributed by atoms with E-state index in [0.717, 1.165) is 24.5 Å². The molecule has 2 heteroatoms. The standard InChI is InChI=1S/C15H26N2/c1-12-5-4-6-14(9-12)7-8-15(11-16)10-13(2)17-3/h6,10-12,17H,4-5,7-9,16H2,1-3H3/b13-10-,15-11-. The summed E-state index contributed by atoms with van der Waals surface area (Å²) < 4.78 is 0. The van der Waals surface area contributed by atoms with Crippen molar-refractivity contribution in [1.29, 1.82) is 0 Å². The molecule has 1 unspecified atom stereocenters. The molecule has 0 amide bonds. The van der Waals surface area contributed by atoms with Crippen molar-refractivity contribution in [1.82, 2.24) is 5.32 Å². The molecule has 17 heavy (non-hydrogen) atoms. The second-order valence-electron chi connectivity index (χ2n) is 5.07. The van der Waals surface area contributed by atoms with Crippen molar-refractivity contribution < 1.29 is 0 Å². The van der Waals surface area contributed by atoms with Gasteiger partial charge in [0.25, 0.3) is 0 Å². The third-order valence-corrected chi connectivity index (χ3v) is 3.45. The van der Waals surface area contributed by atoms with Gasteiger partial charge in [0.15, 0.2) is 0 Å². The van der Waals surface area contributed by atoms with Gasteiger partial charge in [0, 0.05) is 12.7 Å². The van der Waals surface area contributed by atoms with Gasteiger partial charge in [-0.1, -0.05) is 18.6 Å². The van der Waals surface area contributed by atoms with Gasteiger partial charge in [-0.05, 0) is 62.8 Å². The van der Waals surface area contributed by atoms with Crippen LogP contribution in [-0.4, -0.2) is 7.05 Å². The minimum Gasteiger partial charge on any atom is -0.404 e. The van der Waals surface area contributed by atoms with E-state index in [-0.39, 0.29) is 0 Å². The molecule has 0 heterocycles. The molecule has 0 saturated heterocycles. The molecule has 0 radical (unpaired) electrons. The highest BCUT2D eigenvalue weighted by molar-refractivity contribution is 5.22. The maximum atomic E-state index is 5.66. The van der Waals surface area contributed by atoms with Crippen LogP contribution < -0.4 is 11.1 Å². The summed E-state index contributed by atoms with van der Waals surface area (Å²) in [6, 6.07) is 0. The summed E-state index contributed by atoms with van der Waals surface area (Å²) in [5.74, 6) is 0.856. The van der Waals surface area contributed by atoms with E-state index in [2.05, 4.69) is 31.3 Å². The highest BCUT2D eigenvalue weighted by Crippen LogP contribution is 2.27. The van der Waals surface area contributed by atoms with Crippen molar-refractivity contribution in [3.8, 4) is 0 Å². The Morgan fingerprint density at radius 3 is 2.94 bits per heavy atom. The van der Waals surface area contributed by atoms with E-state index in [9.17, 15) is 0 Å². The minimum absolute atomic E-state index is 0.856. The van der Waals surface area contributed by atoms with Crippen molar-refractivity contribution in [3.63, 3.8) is 0 Å². The van der Waals surface area contributed by atoms with Crippen molar-refractivity contribution in [2.45, 2.75) is 46.0 Å². The Morgan fingerprint density at radius 2 is 2.35 bits per heavy atom. The van der Waals surface area contributed by atoms with E-state index in [4.69, 9.17) is 5.73 Å². The number of hydrogen-bond acceptors (Lipinski definition) is 2. The molecule has 0 aromatic rings. The molecule has 0 aromatic heterocycles. The fourth-order valence-corrected chi connectivity index (χ4v) is 2.27. The van der Waals surface area contributed by atoms with Crippen LogP contribution in [0.1, 0.15) is 46.0 Å². The number of rotatable bonds is 5. The zero-order chi connectivity index (χ0) is 12.7. The molecule has 0 spiro atoms. The summed E-state index contributed by atoms with van der Waals surface area (Å²) in [4.78, 5) is 0. The predicted octanol–water partition coefficient (Wildman–Crippen LogP) is 3.48. The third-order valence-electron chi connectivity index (χ3n) is 3.45. The Balaban J connectivity index is 2.46. The van der Waals surface area contributed by atoms with Crippen molar-refractivity contribution >= 4 is 0 Å². The number of nitrogens with one attached hydrogen (secondary N) is 1. The zero-order valence-electron chi connectivity index (χ0n) is 11.4. The summed E-state index contributed by atoms with van der Waals surface area (Å²) in [7, 11) is 1.94. The highest BCUT2D eigenvalue weighted by atomic mass is 14.8. The first-order chi connectivity index (χ1) is 8.15. The molecule has 2 nitrogen and oxygen atoms in total. The van der Waals surface area contributed by atoms with Crippen molar-refractivity contribution in [2.24, 2.45) is 11.7 Å². The number of allylic oxidation sites excluding steroid dienone is 5. The summed E-state index contributed by atoms with van der Waals surface area (Å²) >= 11 is 0. The summed E-state index contributed by atoms with van der Waals surface area (Å²) in [5.41, 5.74) is 9.65. The van der Waals surface area contributed by atoms with Crippen LogP contribution in [0.15, 0.2) is 35.2 Å². The fourth-order valence-electron chi connectivity index (χ4n) is 2.27. The monoisotopic (exact) mass is 234 g/mol.